The summed E-state index contributed by atoms with van der Waals surface area (Å²) in [5, 5.41) is 15.8. The minimum atomic E-state index is -0.519. The molecule has 0 spiro atoms. The summed E-state index contributed by atoms with van der Waals surface area (Å²) in [5.74, 6) is 0.180. The van der Waals surface area contributed by atoms with Crippen molar-refractivity contribution in [3.63, 3.8) is 0 Å². The number of carbonyl (C=O) groups is 1. The Morgan fingerprint density at radius 1 is 1.29 bits per heavy atom. The van der Waals surface area contributed by atoms with Crippen molar-refractivity contribution in [2.75, 3.05) is 11.9 Å². The van der Waals surface area contributed by atoms with Gasteiger partial charge in [-0.25, -0.2) is 0 Å². The highest BCUT2D eigenvalue weighted by Gasteiger charge is 2.17. The minimum absolute atomic E-state index is 0.103. The molecule has 0 heterocycles. The molecule has 0 bridgehead atoms. The maximum atomic E-state index is 12.6. The summed E-state index contributed by atoms with van der Waals surface area (Å²) in [4.78, 5) is 12.6. The first-order chi connectivity index (χ1) is 13.4. The molecule has 146 valence electrons. The number of rotatable bonds is 7. The van der Waals surface area contributed by atoms with Crippen LogP contribution >= 0.6 is 23.2 Å². The lowest BCUT2D eigenvalue weighted by Gasteiger charge is -2.18. The Labute approximate surface area is 174 Å². The van der Waals surface area contributed by atoms with Crippen molar-refractivity contribution in [1.29, 1.82) is 5.26 Å². The van der Waals surface area contributed by atoms with Gasteiger partial charge in [-0.3, -0.25) is 4.79 Å². The first-order valence-electron chi connectivity index (χ1n) is 8.72. The number of para-hydroxylation sites is 1. The molecule has 1 unspecified atom stereocenters. The maximum Gasteiger partial charge on any atom is 0.263 e. The average Bonchev–Trinajstić information content (AvgIpc) is 2.65. The molecule has 2 rings (SSSR count). The smallest absolute Gasteiger partial charge is 0.263 e. The van der Waals surface area contributed by atoms with Crippen LogP contribution in [0.5, 0.6) is 5.75 Å². The highest BCUT2D eigenvalue weighted by atomic mass is 35.5. The van der Waals surface area contributed by atoms with Gasteiger partial charge in [-0.1, -0.05) is 47.0 Å². The lowest BCUT2D eigenvalue weighted by Crippen LogP contribution is -2.28. The van der Waals surface area contributed by atoms with Gasteiger partial charge in [0.15, 0.2) is 0 Å². The van der Waals surface area contributed by atoms with Gasteiger partial charge >= 0.3 is 0 Å². The number of anilines is 1. The van der Waals surface area contributed by atoms with E-state index in [4.69, 9.17) is 27.9 Å². The van der Waals surface area contributed by atoms with Crippen molar-refractivity contribution >= 4 is 34.8 Å². The average molecular weight is 418 g/mol. The Bertz CT molecular complexity index is 915. The zero-order chi connectivity index (χ0) is 20.7. The van der Waals surface area contributed by atoms with E-state index in [2.05, 4.69) is 10.6 Å². The molecule has 0 fully saturated rings. The van der Waals surface area contributed by atoms with E-state index in [1.807, 2.05) is 45.0 Å². The van der Waals surface area contributed by atoms with Crippen LogP contribution in [0.2, 0.25) is 10.0 Å². The fraction of sp³-hybridized carbons (Fsp3) is 0.238. The molecule has 2 N–H and O–H groups in total. The molecule has 7 heteroatoms. The van der Waals surface area contributed by atoms with E-state index in [-0.39, 0.29) is 11.6 Å². The number of halogens is 2. The molecule has 1 amide bonds. The third-order valence-corrected chi connectivity index (χ3v) is 4.60. The van der Waals surface area contributed by atoms with E-state index in [0.717, 1.165) is 11.1 Å². The molecule has 0 saturated carbocycles. The summed E-state index contributed by atoms with van der Waals surface area (Å²) >= 11 is 12.2. The second-order valence-electron chi connectivity index (χ2n) is 6.08. The molecular formula is C21H21Cl2N3O2. The Balaban J connectivity index is 2.18. The van der Waals surface area contributed by atoms with Gasteiger partial charge in [-0.15, -0.1) is 0 Å². The number of nitriles is 1. The van der Waals surface area contributed by atoms with E-state index in [0.29, 0.717) is 28.1 Å². The van der Waals surface area contributed by atoms with Gasteiger partial charge in [-0.2, -0.15) is 5.26 Å². The van der Waals surface area contributed by atoms with Crippen molar-refractivity contribution < 1.29 is 9.53 Å². The van der Waals surface area contributed by atoms with Crippen LogP contribution in [0.1, 0.15) is 31.0 Å². The van der Waals surface area contributed by atoms with Gasteiger partial charge < -0.3 is 15.4 Å². The summed E-state index contributed by atoms with van der Waals surface area (Å²) in [6.07, 6.45) is 1.29. The lowest BCUT2D eigenvalue weighted by molar-refractivity contribution is -0.117. The molecule has 2 aromatic rings. The van der Waals surface area contributed by atoms with Gasteiger partial charge in [0.25, 0.3) is 5.91 Å². The van der Waals surface area contributed by atoms with Crippen molar-refractivity contribution in [3.05, 3.63) is 69.3 Å². The van der Waals surface area contributed by atoms with Crippen LogP contribution in [0.4, 0.5) is 5.69 Å². The Kier molecular flexibility index (Phi) is 7.74. The summed E-state index contributed by atoms with van der Waals surface area (Å²) in [6, 6.07) is 12.3. The number of aryl methyl sites for hydroxylation is 1. The first kappa shape index (κ1) is 21.6. The van der Waals surface area contributed by atoms with Gasteiger partial charge in [0.1, 0.15) is 17.4 Å². The van der Waals surface area contributed by atoms with Crippen molar-refractivity contribution in [1.82, 2.24) is 5.32 Å². The van der Waals surface area contributed by atoms with E-state index in [1.54, 1.807) is 18.2 Å². The third-order valence-electron chi connectivity index (χ3n) is 3.97. The van der Waals surface area contributed by atoms with Gasteiger partial charge in [0, 0.05) is 11.8 Å². The number of nitrogens with one attached hydrogen (secondary N) is 2. The topological polar surface area (TPSA) is 74.1 Å². The fourth-order valence-corrected chi connectivity index (χ4v) is 3.08. The fourth-order valence-electron chi connectivity index (χ4n) is 2.57. The molecule has 28 heavy (non-hydrogen) atoms. The van der Waals surface area contributed by atoms with E-state index >= 15 is 0 Å². The lowest BCUT2D eigenvalue weighted by atomic mass is 10.0. The van der Waals surface area contributed by atoms with Gasteiger partial charge in [-0.05, 0) is 39.0 Å². The molecule has 5 nitrogen and oxygen atoms in total. The number of ether oxygens (including phenoxy) is 1. The SMILES string of the molecule is CCOc1ccc(C)cc1C(C)NC(=O)/C(C#N)=C\Nc1c(Cl)cccc1Cl. The third kappa shape index (κ3) is 5.41. The van der Waals surface area contributed by atoms with Crippen LogP contribution in [0.15, 0.2) is 48.2 Å². The quantitative estimate of drug-likeness (QED) is 0.467. The van der Waals surface area contributed by atoms with Crippen LogP contribution < -0.4 is 15.4 Å². The zero-order valence-electron chi connectivity index (χ0n) is 15.8. The van der Waals surface area contributed by atoms with Crippen LogP contribution in [0, 0.1) is 18.3 Å². The summed E-state index contributed by atoms with van der Waals surface area (Å²) in [7, 11) is 0. The Hall–Kier alpha value is -2.68. The van der Waals surface area contributed by atoms with Crippen LogP contribution in [0.25, 0.3) is 0 Å². The number of amides is 1. The standard InChI is InChI=1S/C21H21Cl2N3O2/c1-4-28-19-9-8-13(2)10-16(19)14(3)26-21(27)15(11-24)12-25-20-17(22)6-5-7-18(20)23/h5-10,12,14,25H,4H2,1-3H3,(H,26,27)/b15-12-. The second-order valence-corrected chi connectivity index (χ2v) is 6.89. The van der Waals surface area contributed by atoms with Crippen molar-refractivity contribution in [2.45, 2.75) is 26.8 Å². The number of nitrogens with zero attached hydrogens (tertiary/aromatic N) is 1. The van der Waals surface area contributed by atoms with Gasteiger partial charge in [0.05, 0.1) is 28.4 Å². The zero-order valence-corrected chi connectivity index (χ0v) is 17.4. The molecular weight excluding hydrogens is 397 g/mol. The number of benzene rings is 2. The maximum absolute atomic E-state index is 12.6. The first-order valence-corrected chi connectivity index (χ1v) is 9.48. The molecule has 0 aliphatic heterocycles. The van der Waals surface area contributed by atoms with Crippen LogP contribution in [-0.2, 0) is 4.79 Å². The monoisotopic (exact) mass is 417 g/mol. The Morgan fingerprint density at radius 3 is 2.57 bits per heavy atom. The molecule has 2 aromatic carbocycles. The summed E-state index contributed by atoms with van der Waals surface area (Å²) in [5.41, 5.74) is 2.21. The van der Waals surface area contributed by atoms with E-state index < -0.39 is 5.91 Å². The normalized spacial score (nSPS) is 12.1. The van der Waals surface area contributed by atoms with Crippen LogP contribution in [0.3, 0.4) is 0 Å². The van der Waals surface area contributed by atoms with Gasteiger partial charge in [0.2, 0.25) is 0 Å². The number of carbonyl (C=O) groups excluding carboxylic acids is 1. The molecule has 0 aliphatic carbocycles. The molecule has 0 aliphatic rings. The second kappa shape index (κ2) is 10.0. The largest absolute Gasteiger partial charge is 0.494 e. The highest BCUT2D eigenvalue weighted by Crippen LogP contribution is 2.30. The van der Waals surface area contributed by atoms with Crippen molar-refractivity contribution in [2.24, 2.45) is 0 Å². The van der Waals surface area contributed by atoms with E-state index in [9.17, 15) is 10.1 Å². The highest BCUT2D eigenvalue weighted by molar-refractivity contribution is 6.39. The summed E-state index contributed by atoms with van der Waals surface area (Å²) in [6.45, 7) is 6.21. The Morgan fingerprint density at radius 2 is 1.96 bits per heavy atom. The predicted octanol–water partition coefficient (Wildman–Crippen LogP) is 5.40. The van der Waals surface area contributed by atoms with Crippen molar-refractivity contribution in [3.8, 4) is 11.8 Å². The number of hydrogen-bond acceptors (Lipinski definition) is 4. The summed E-state index contributed by atoms with van der Waals surface area (Å²) < 4.78 is 5.64. The molecule has 1 atom stereocenters. The van der Waals surface area contributed by atoms with E-state index in [1.165, 1.54) is 6.20 Å². The minimum Gasteiger partial charge on any atom is -0.494 e. The predicted molar refractivity (Wildman–Crippen MR) is 113 cm³/mol. The number of hydrogen-bond donors (Lipinski definition) is 2. The molecule has 0 saturated heterocycles. The van der Waals surface area contributed by atoms with Crippen LogP contribution in [-0.4, -0.2) is 12.5 Å². The molecule has 0 radical (unpaired) electrons. The molecule has 0 aromatic heterocycles.